The zero-order valence-corrected chi connectivity index (χ0v) is 16.9. The van der Waals surface area contributed by atoms with Crippen LogP contribution >= 0.6 is 0 Å². The van der Waals surface area contributed by atoms with Crippen LogP contribution in [0.5, 0.6) is 0 Å². The SMILES string of the molecule is Cc1ccccc1NC(=O)CN(C)CC(=O)N1c2ccccc2NC(=O)C[C@H]1C. The molecule has 2 aromatic carbocycles. The Hall–Kier alpha value is -3.19. The first-order valence-corrected chi connectivity index (χ1v) is 9.60. The maximum atomic E-state index is 13.0. The van der Waals surface area contributed by atoms with E-state index in [0.29, 0.717) is 11.4 Å². The van der Waals surface area contributed by atoms with Crippen LogP contribution < -0.4 is 15.5 Å². The van der Waals surface area contributed by atoms with E-state index in [0.717, 1.165) is 11.3 Å². The highest BCUT2D eigenvalue weighted by Crippen LogP contribution is 2.31. The van der Waals surface area contributed by atoms with Gasteiger partial charge in [-0.25, -0.2) is 0 Å². The third-order valence-electron chi connectivity index (χ3n) is 4.87. The van der Waals surface area contributed by atoms with E-state index in [-0.39, 0.29) is 43.3 Å². The molecule has 0 aromatic heterocycles. The van der Waals surface area contributed by atoms with Crippen molar-refractivity contribution < 1.29 is 14.4 Å². The molecular weight excluding hydrogens is 368 g/mol. The number of nitrogens with zero attached hydrogens (tertiary/aromatic N) is 2. The number of anilines is 3. The zero-order chi connectivity index (χ0) is 21.0. The predicted octanol–water partition coefficient (Wildman–Crippen LogP) is 2.63. The minimum atomic E-state index is -0.277. The van der Waals surface area contributed by atoms with E-state index in [9.17, 15) is 14.4 Å². The number of hydrogen-bond acceptors (Lipinski definition) is 4. The highest BCUT2D eigenvalue weighted by molar-refractivity contribution is 6.05. The van der Waals surface area contributed by atoms with Gasteiger partial charge < -0.3 is 15.5 Å². The van der Waals surface area contributed by atoms with Gasteiger partial charge in [-0.05, 0) is 44.7 Å². The maximum Gasteiger partial charge on any atom is 0.241 e. The number of benzene rings is 2. The van der Waals surface area contributed by atoms with Gasteiger partial charge in [-0.3, -0.25) is 19.3 Å². The Kier molecular flexibility index (Phi) is 6.29. The summed E-state index contributed by atoms with van der Waals surface area (Å²) >= 11 is 0. The first kappa shape index (κ1) is 20.5. The topological polar surface area (TPSA) is 81.8 Å². The lowest BCUT2D eigenvalue weighted by atomic mass is 10.1. The van der Waals surface area contributed by atoms with Gasteiger partial charge in [0.05, 0.1) is 24.5 Å². The molecule has 0 aliphatic carbocycles. The van der Waals surface area contributed by atoms with Crippen molar-refractivity contribution in [2.75, 3.05) is 35.7 Å². The van der Waals surface area contributed by atoms with Crippen molar-refractivity contribution in [3.8, 4) is 0 Å². The summed E-state index contributed by atoms with van der Waals surface area (Å²) in [5.74, 6) is -0.463. The Morgan fingerprint density at radius 1 is 1.14 bits per heavy atom. The van der Waals surface area contributed by atoms with Crippen molar-refractivity contribution in [3.05, 3.63) is 54.1 Å². The maximum absolute atomic E-state index is 13.0. The summed E-state index contributed by atoms with van der Waals surface area (Å²) in [5.41, 5.74) is 3.03. The van der Waals surface area contributed by atoms with Crippen LogP contribution in [0.1, 0.15) is 18.9 Å². The summed E-state index contributed by atoms with van der Waals surface area (Å²) in [4.78, 5) is 40.8. The monoisotopic (exact) mass is 394 g/mol. The number of rotatable bonds is 5. The van der Waals surface area contributed by atoms with E-state index in [4.69, 9.17) is 0 Å². The van der Waals surface area contributed by atoms with Gasteiger partial charge in [0.1, 0.15) is 0 Å². The van der Waals surface area contributed by atoms with Crippen molar-refractivity contribution in [3.63, 3.8) is 0 Å². The molecule has 1 atom stereocenters. The van der Waals surface area contributed by atoms with Gasteiger partial charge in [0.15, 0.2) is 0 Å². The van der Waals surface area contributed by atoms with Crippen LogP contribution in [0.25, 0.3) is 0 Å². The van der Waals surface area contributed by atoms with Crippen LogP contribution in [0.3, 0.4) is 0 Å². The second kappa shape index (κ2) is 8.87. The van der Waals surface area contributed by atoms with Gasteiger partial charge in [-0.15, -0.1) is 0 Å². The number of para-hydroxylation sites is 3. The Balaban J connectivity index is 1.66. The van der Waals surface area contributed by atoms with Crippen molar-refractivity contribution in [2.24, 2.45) is 0 Å². The summed E-state index contributed by atoms with van der Waals surface area (Å²) in [6.45, 7) is 3.93. The number of carbonyl (C=O) groups excluding carboxylic acids is 3. The number of fused-ring (bicyclic) bond motifs is 1. The van der Waals surface area contributed by atoms with Crippen molar-refractivity contribution in [2.45, 2.75) is 26.3 Å². The van der Waals surface area contributed by atoms with Crippen LogP contribution in [0.4, 0.5) is 17.1 Å². The van der Waals surface area contributed by atoms with E-state index in [1.165, 1.54) is 0 Å². The molecule has 2 N–H and O–H groups in total. The van der Waals surface area contributed by atoms with Crippen LogP contribution in [-0.4, -0.2) is 48.8 Å². The van der Waals surface area contributed by atoms with Crippen molar-refractivity contribution in [1.29, 1.82) is 0 Å². The fourth-order valence-corrected chi connectivity index (χ4v) is 3.48. The predicted molar refractivity (Wildman–Crippen MR) is 114 cm³/mol. The van der Waals surface area contributed by atoms with Gasteiger partial charge in [-0.2, -0.15) is 0 Å². The second-order valence-corrected chi connectivity index (χ2v) is 7.42. The standard InChI is InChI=1S/C22H26N4O3/c1-15-8-4-5-9-17(15)23-21(28)13-25(3)14-22(29)26-16(2)12-20(27)24-18-10-6-7-11-19(18)26/h4-11,16H,12-14H2,1-3H3,(H,23,28)(H,24,27)/t16-/m1/s1. The van der Waals surface area contributed by atoms with Gasteiger partial charge in [0.25, 0.3) is 0 Å². The molecule has 0 unspecified atom stereocenters. The largest absolute Gasteiger partial charge is 0.325 e. The highest BCUT2D eigenvalue weighted by Gasteiger charge is 2.30. The van der Waals surface area contributed by atoms with E-state index in [1.807, 2.05) is 56.3 Å². The second-order valence-electron chi connectivity index (χ2n) is 7.42. The van der Waals surface area contributed by atoms with Crippen molar-refractivity contribution in [1.82, 2.24) is 4.90 Å². The summed E-state index contributed by atoms with van der Waals surface area (Å²) < 4.78 is 0. The number of nitrogens with one attached hydrogen (secondary N) is 2. The Morgan fingerprint density at radius 3 is 2.59 bits per heavy atom. The van der Waals surface area contributed by atoms with E-state index >= 15 is 0 Å². The van der Waals surface area contributed by atoms with Gasteiger partial charge in [0, 0.05) is 18.2 Å². The number of carbonyl (C=O) groups is 3. The minimum Gasteiger partial charge on any atom is -0.325 e. The first-order valence-electron chi connectivity index (χ1n) is 9.60. The van der Waals surface area contributed by atoms with E-state index in [1.54, 1.807) is 22.9 Å². The number of hydrogen-bond donors (Lipinski definition) is 2. The normalized spacial score (nSPS) is 16.1. The summed E-state index contributed by atoms with van der Waals surface area (Å²) in [6, 6.07) is 14.5. The molecule has 29 heavy (non-hydrogen) atoms. The fourth-order valence-electron chi connectivity index (χ4n) is 3.48. The average Bonchev–Trinajstić information content (AvgIpc) is 2.77. The van der Waals surface area contributed by atoms with Crippen LogP contribution in [0.15, 0.2) is 48.5 Å². The molecule has 1 heterocycles. The van der Waals surface area contributed by atoms with E-state index < -0.39 is 0 Å². The van der Waals surface area contributed by atoms with Crippen LogP contribution in [0, 0.1) is 6.92 Å². The molecule has 1 aliphatic rings. The highest BCUT2D eigenvalue weighted by atomic mass is 16.2. The molecule has 0 saturated carbocycles. The van der Waals surface area contributed by atoms with Crippen molar-refractivity contribution >= 4 is 34.8 Å². The fraction of sp³-hybridized carbons (Fsp3) is 0.318. The molecule has 1 aliphatic heterocycles. The Bertz CT molecular complexity index is 928. The first-order chi connectivity index (χ1) is 13.8. The molecule has 0 spiro atoms. The van der Waals surface area contributed by atoms with Gasteiger partial charge in [0.2, 0.25) is 17.7 Å². The quantitative estimate of drug-likeness (QED) is 0.817. The number of aryl methyl sites for hydroxylation is 1. The molecule has 0 radical (unpaired) electrons. The molecule has 3 rings (SSSR count). The number of amides is 3. The molecular formula is C22H26N4O3. The zero-order valence-electron chi connectivity index (χ0n) is 16.9. The summed E-state index contributed by atoms with van der Waals surface area (Å²) in [7, 11) is 1.73. The molecule has 7 heteroatoms. The summed E-state index contributed by atoms with van der Waals surface area (Å²) in [5, 5.41) is 5.72. The Labute approximate surface area is 170 Å². The lowest BCUT2D eigenvalue weighted by Crippen LogP contribution is -2.45. The molecule has 3 amide bonds. The third kappa shape index (κ3) is 5.00. The molecule has 0 saturated heterocycles. The smallest absolute Gasteiger partial charge is 0.241 e. The Morgan fingerprint density at radius 2 is 1.83 bits per heavy atom. The molecule has 2 aromatic rings. The lowest BCUT2D eigenvalue weighted by molar-refractivity contribution is -0.121. The third-order valence-corrected chi connectivity index (χ3v) is 4.87. The molecule has 0 fully saturated rings. The van der Waals surface area contributed by atoms with Crippen LogP contribution in [0.2, 0.25) is 0 Å². The van der Waals surface area contributed by atoms with E-state index in [2.05, 4.69) is 10.6 Å². The molecule has 7 nitrogen and oxygen atoms in total. The van der Waals surface area contributed by atoms with Crippen LogP contribution in [-0.2, 0) is 14.4 Å². The molecule has 152 valence electrons. The molecule has 0 bridgehead atoms. The van der Waals surface area contributed by atoms with Gasteiger partial charge >= 0.3 is 0 Å². The minimum absolute atomic E-state index is 0.0635. The lowest BCUT2D eigenvalue weighted by Gasteiger charge is -2.29. The van der Waals surface area contributed by atoms with Gasteiger partial charge in [-0.1, -0.05) is 30.3 Å². The number of likely N-dealkylation sites (N-methyl/N-ethyl adjacent to an activating group) is 1. The summed E-state index contributed by atoms with van der Waals surface area (Å²) in [6.07, 6.45) is 0.220. The average molecular weight is 394 g/mol.